The molecule has 3 aromatic rings. The number of halogens is 1. The average molecular weight is 380 g/mol. The number of oxazole rings is 1. The lowest BCUT2D eigenvalue weighted by atomic mass is 10.1. The van der Waals surface area contributed by atoms with Gasteiger partial charge in [0, 0.05) is 18.7 Å². The molecule has 0 radical (unpaired) electrons. The molecule has 4 rings (SSSR count). The molecule has 28 heavy (non-hydrogen) atoms. The zero-order valence-electron chi connectivity index (χ0n) is 15.6. The van der Waals surface area contributed by atoms with Gasteiger partial charge in [-0.2, -0.15) is 0 Å². The van der Waals surface area contributed by atoms with Crippen LogP contribution in [0.2, 0.25) is 0 Å². The zero-order chi connectivity index (χ0) is 19.7. The summed E-state index contributed by atoms with van der Waals surface area (Å²) in [5.41, 5.74) is 8.47. The highest BCUT2D eigenvalue weighted by molar-refractivity contribution is 5.80. The lowest BCUT2D eigenvalue weighted by molar-refractivity contribution is -0.129. The summed E-state index contributed by atoms with van der Waals surface area (Å²) in [5.74, 6) is 1.24. The quantitative estimate of drug-likeness (QED) is 0.750. The van der Waals surface area contributed by atoms with Gasteiger partial charge in [0.1, 0.15) is 11.6 Å². The fraction of sp³-hybridized carbons (Fsp3) is 0.286. The molecular formula is C21H21FN4O2. The van der Waals surface area contributed by atoms with Crippen LogP contribution in [0.5, 0.6) is 0 Å². The molecule has 0 bridgehead atoms. The Hall–Kier alpha value is -3.22. The van der Waals surface area contributed by atoms with Crippen LogP contribution in [0, 0.1) is 12.7 Å². The maximum absolute atomic E-state index is 13.1. The van der Waals surface area contributed by atoms with Gasteiger partial charge in [-0.05, 0) is 49.7 Å². The van der Waals surface area contributed by atoms with E-state index in [1.165, 1.54) is 12.1 Å². The lowest BCUT2D eigenvalue weighted by Crippen LogP contribution is -2.30. The van der Waals surface area contributed by atoms with Crippen molar-refractivity contribution in [1.82, 2.24) is 14.9 Å². The molecule has 0 saturated carbocycles. The van der Waals surface area contributed by atoms with Crippen LogP contribution in [-0.4, -0.2) is 33.9 Å². The van der Waals surface area contributed by atoms with Gasteiger partial charge < -0.3 is 15.1 Å². The number of nitrogens with zero attached hydrogens (tertiary/aromatic N) is 3. The number of aryl methyl sites for hydroxylation is 1. The molecule has 1 atom stereocenters. The number of benzene rings is 1. The summed E-state index contributed by atoms with van der Waals surface area (Å²) in [6, 6.07) is 9.58. The minimum atomic E-state index is -0.306. The fourth-order valence-electron chi connectivity index (χ4n) is 3.44. The monoisotopic (exact) mass is 380 g/mol. The van der Waals surface area contributed by atoms with Crippen LogP contribution in [0.1, 0.15) is 29.7 Å². The minimum Gasteiger partial charge on any atom is -0.446 e. The molecule has 144 valence electrons. The van der Waals surface area contributed by atoms with Crippen LogP contribution in [0.25, 0.3) is 11.3 Å². The summed E-state index contributed by atoms with van der Waals surface area (Å²) in [5, 5.41) is 0. The molecule has 1 aliphatic rings. The van der Waals surface area contributed by atoms with E-state index in [2.05, 4.69) is 9.97 Å². The highest BCUT2D eigenvalue weighted by atomic mass is 19.1. The molecule has 1 unspecified atom stereocenters. The van der Waals surface area contributed by atoms with E-state index in [1.54, 1.807) is 35.4 Å². The predicted octanol–water partition coefficient (Wildman–Crippen LogP) is 3.32. The molecule has 0 spiro atoms. The number of likely N-dealkylation sites (tertiary alicyclic amines) is 1. The van der Waals surface area contributed by atoms with Crippen LogP contribution in [0.15, 0.2) is 47.0 Å². The first-order valence-corrected chi connectivity index (χ1v) is 9.21. The number of amides is 1. The van der Waals surface area contributed by atoms with Crippen molar-refractivity contribution in [2.45, 2.75) is 25.7 Å². The molecule has 1 fully saturated rings. The molecule has 0 aliphatic carbocycles. The van der Waals surface area contributed by atoms with Crippen molar-refractivity contribution in [2.24, 2.45) is 0 Å². The second-order valence-electron chi connectivity index (χ2n) is 7.05. The number of rotatable bonds is 4. The molecule has 1 aliphatic heterocycles. The smallest absolute Gasteiger partial charge is 0.228 e. The predicted molar refractivity (Wildman–Crippen MR) is 103 cm³/mol. The Labute approximate surface area is 162 Å². The van der Waals surface area contributed by atoms with Crippen molar-refractivity contribution in [3.8, 4) is 11.3 Å². The van der Waals surface area contributed by atoms with Gasteiger partial charge in [-0.15, -0.1) is 0 Å². The van der Waals surface area contributed by atoms with Gasteiger partial charge in [0.2, 0.25) is 5.91 Å². The number of pyridine rings is 1. The number of carbonyl (C=O) groups excluding carboxylic acids is 1. The number of carbonyl (C=O) groups is 1. The number of hydrogen-bond acceptors (Lipinski definition) is 5. The van der Waals surface area contributed by atoms with Crippen LogP contribution in [0.3, 0.4) is 0 Å². The van der Waals surface area contributed by atoms with Gasteiger partial charge in [0.25, 0.3) is 0 Å². The summed E-state index contributed by atoms with van der Waals surface area (Å²) in [7, 11) is 0. The summed E-state index contributed by atoms with van der Waals surface area (Å²) in [6.07, 6.45) is 2.65. The van der Waals surface area contributed by atoms with Crippen LogP contribution in [0.4, 0.5) is 10.1 Å². The molecule has 2 aromatic heterocycles. The Morgan fingerprint density at radius 1 is 1.29 bits per heavy atom. The van der Waals surface area contributed by atoms with Gasteiger partial charge in [-0.1, -0.05) is 0 Å². The van der Waals surface area contributed by atoms with Gasteiger partial charge in [0.05, 0.1) is 35.6 Å². The Morgan fingerprint density at radius 3 is 2.79 bits per heavy atom. The van der Waals surface area contributed by atoms with Crippen LogP contribution < -0.4 is 5.73 Å². The van der Waals surface area contributed by atoms with Gasteiger partial charge in [-0.25, -0.2) is 9.37 Å². The number of nitrogens with two attached hydrogens (primary N) is 1. The second kappa shape index (κ2) is 7.42. The average Bonchev–Trinajstić information content (AvgIpc) is 3.33. The highest BCUT2D eigenvalue weighted by Crippen LogP contribution is 2.28. The third-order valence-electron chi connectivity index (χ3n) is 5.00. The Balaban J connectivity index is 1.47. The molecular weight excluding hydrogens is 359 g/mol. The first-order chi connectivity index (χ1) is 13.5. The van der Waals surface area contributed by atoms with E-state index in [-0.39, 0.29) is 24.1 Å². The van der Waals surface area contributed by atoms with E-state index in [0.29, 0.717) is 36.1 Å². The molecule has 7 heteroatoms. The maximum atomic E-state index is 13.1. The maximum Gasteiger partial charge on any atom is 0.228 e. The van der Waals surface area contributed by atoms with Crippen LogP contribution in [-0.2, 0) is 11.2 Å². The SMILES string of the molecule is Cc1cnc(C2CCN(C(=O)Cc3nc(-c4ccc(F)cc4)ccc3N)C2)o1. The van der Waals surface area contributed by atoms with E-state index < -0.39 is 0 Å². The number of hydrogen-bond donors (Lipinski definition) is 1. The van der Waals surface area contributed by atoms with Gasteiger partial charge in [0.15, 0.2) is 5.89 Å². The van der Waals surface area contributed by atoms with Gasteiger partial charge >= 0.3 is 0 Å². The Kier molecular flexibility index (Phi) is 4.81. The lowest BCUT2D eigenvalue weighted by Gasteiger charge is -2.16. The molecule has 3 heterocycles. The fourth-order valence-corrected chi connectivity index (χ4v) is 3.44. The van der Waals surface area contributed by atoms with Crippen molar-refractivity contribution in [3.05, 3.63) is 65.8 Å². The molecule has 2 N–H and O–H groups in total. The summed E-state index contributed by atoms with van der Waals surface area (Å²) < 4.78 is 18.7. The minimum absolute atomic E-state index is 0.0266. The molecule has 1 saturated heterocycles. The second-order valence-corrected chi connectivity index (χ2v) is 7.05. The third kappa shape index (κ3) is 3.74. The van der Waals surface area contributed by atoms with Crippen molar-refractivity contribution < 1.29 is 13.6 Å². The molecule has 1 amide bonds. The van der Waals surface area contributed by atoms with E-state index >= 15 is 0 Å². The largest absolute Gasteiger partial charge is 0.446 e. The third-order valence-corrected chi connectivity index (χ3v) is 5.00. The van der Waals surface area contributed by atoms with Crippen molar-refractivity contribution in [2.75, 3.05) is 18.8 Å². The van der Waals surface area contributed by atoms with Crippen molar-refractivity contribution in [1.29, 1.82) is 0 Å². The first kappa shape index (κ1) is 18.2. The van der Waals surface area contributed by atoms with Crippen LogP contribution >= 0.6 is 0 Å². The number of anilines is 1. The Morgan fingerprint density at radius 2 is 2.07 bits per heavy atom. The first-order valence-electron chi connectivity index (χ1n) is 9.21. The van der Waals surface area contributed by atoms with Crippen molar-refractivity contribution >= 4 is 11.6 Å². The van der Waals surface area contributed by atoms with E-state index in [9.17, 15) is 9.18 Å². The molecule has 6 nitrogen and oxygen atoms in total. The van der Waals surface area contributed by atoms with E-state index in [0.717, 1.165) is 17.7 Å². The van der Waals surface area contributed by atoms with Crippen molar-refractivity contribution in [3.63, 3.8) is 0 Å². The van der Waals surface area contributed by atoms with Gasteiger partial charge in [-0.3, -0.25) is 9.78 Å². The summed E-state index contributed by atoms with van der Waals surface area (Å²) in [6.45, 7) is 3.09. The summed E-state index contributed by atoms with van der Waals surface area (Å²) >= 11 is 0. The standard InChI is InChI=1S/C21H21FN4O2/c1-13-11-24-21(28-13)15-8-9-26(12-15)20(27)10-19-17(23)6-7-18(25-19)14-2-4-16(22)5-3-14/h2-7,11,15H,8-10,12,23H2,1H3. The van der Waals surface area contributed by atoms with E-state index in [4.69, 9.17) is 10.2 Å². The number of aromatic nitrogens is 2. The molecule has 1 aromatic carbocycles. The zero-order valence-corrected chi connectivity index (χ0v) is 15.6. The topological polar surface area (TPSA) is 85.2 Å². The number of nitrogen functional groups attached to an aromatic ring is 1. The normalized spacial score (nSPS) is 16.5. The van der Waals surface area contributed by atoms with E-state index in [1.807, 2.05) is 6.92 Å². The highest BCUT2D eigenvalue weighted by Gasteiger charge is 2.30. The Bertz CT molecular complexity index is 1000. The summed E-state index contributed by atoms with van der Waals surface area (Å²) in [4.78, 5) is 23.4.